The molecule has 98 valence electrons. The molecule has 1 nitrogen and oxygen atoms in total. The van der Waals surface area contributed by atoms with Gasteiger partial charge in [0.15, 0.2) is 0 Å². The molecule has 0 N–H and O–H groups in total. The van der Waals surface area contributed by atoms with Gasteiger partial charge in [-0.25, -0.2) is 0 Å². The lowest BCUT2D eigenvalue weighted by molar-refractivity contribution is -0.122. The van der Waals surface area contributed by atoms with Crippen LogP contribution in [0.4, 0.5) is 0 Å². The van der Waals surface area contributed by atoms with E-state index >= 15 is 0 Å². The first-order valence-corrected chi connectivity index (χ1v) is 7.13. The smallest absolute Gasteiger partial charge is 0.147 e. The summed E-state index contributed by atoms with van der Waals surface area (Å²) in [6.45, 7) is 3.98. The first kappa shape index (κ1) is 14.0. The van der Waals surface area contributed by atoms with Gasteiger partial charge in [0.2, 0.25) is 0 Å². The van der Waals surface area contributed by atoms with Gasteiger partial charge in [0, 0.05) is 16.3 Å². The number of ketones is 1. The topological polar surface area (TPSA) is 17.1 Å². The van der Waals surface area contributed by atoms with Crippen molar-refractivity contribution in [3.05, 3.63) is 70.2 Å². The van der Waals surface area contributed by atoms with Crippen molar-refractivity contribution in [2.24, 2.45) is 0 Å². The highest BCUT2D eigenvalue weighted by molar-refractivity contribution is 9.10. The lowest BCUT2D eigenvalue weighted by Crippen LogP contribution is -2.30. The molecule has 19 heavy (non-hydrogen) atoms. The highest BCUT2D eigenvalue weighted by Gasteiger charge is 2.28. The van der Waals surface area contributed by atoms with Crippen LogP contribution in [-0.2, 0) is 16.6 Å². The molecule has 0 atom stereocenters. The van der Waals surface area contributed by atoms with Crippen LogP contribution in [0.3, 0.4) is 0 Å². The average Bonchev–Trinajstić information content (AvgIpc) is 2.42. The summed E-state index contributed by atoms with van der Waals surface area (Å²) >= 11 is 3.40. The fraction of sp³-hybridized carbons (Fsp3) is 0.235. The van der Waals surface area contributed by atoms with Gasteiger partial charge in [-0.3, -0.25) is 4.79 Å². The number of carbonyl (C=O) groups is 1. The number of halogens is 1. The Morgan fingerprint density at radius 2 is 1.58 bits per heavy atom. The Labute approximate surface area is 122 Å². The quantitative estimate of drug-likeness (QED) is 0.809. The molecule has 0 amide bonds. The summed E-state index contributed by atoms with van der Waals surface area (Å²) in [7, 11) is 0. The third-order valence-electron chi connectivity index (χ3n) is 3.47. The van der Waals surface area contributed by atoms with Crippen LogP contribution in [0.2, 0.25) is 0 Å². The zero-order valence-corrected chi connectivity index (χ0v) is 12.8. The Bertz CT molecular complexity index is 556. The third kappa shape index (κ3) is 3.32. The number of benzene rings is 2. The van der Waals surface area contributed by atoms with E-state index in [1.165, 1.54) is 0 Å². The molecule has 0 aliphatic rings. The Kier molecular flexibility index (Phi) is 4.20. The monoisotopic (exact) mass is 316 g/mol. The van der Waals surface area contributed by atoms with Gasteiger partial charge in [0.1, 0.15) is 5.78 Å². The van der Waals surface area contributed by atoms with Crippen molar-refractivity contribution >= 4 is 21.7 Å². The maximum atomic E-state index is 12.5. The van der Waals surface area contributed by atoms with Crippen LogP contribution in [0.5, 0.6) is 0 Å². The summed E-state index contributed by atoms with van der Waals surface area (Å²) in [5, 5.41) is 0. The molecule has 2 aromatic rings. The summed E-state index contributed by atoms with van der Waals surface area (Å²) in [6.07, 6.45) is 0.467. The van der Waals surface area contributed by atoms with E-state index in [2.05, 4.69) is 15.9 Å². The summed E-state index contributed by atoms with van der Waals surface area (Å²) < 4.78 is 1.03. The van der Waals surface area contributed by atoms with Crippen molar-refractivity contribution in [3.8, 4) is 0 Å². The second kappa shape index (κ2) is 5.70. The molecule has 0 saturated heterocycles. The fourth-order valence-electron chi connectivity index (χ4n) is 2.02. The molecule has 0 spiro atoms. The van der Waals surface area contributed by atoms with Crippen LogP contribution in [0.25, 0.3) is 0 Å². The lowest BCUT2D eigenvalue weighted by atomic mass is 9.78. The van der Waals surface area contributed by atoms with E-state index in [0.29, 0.717) is 6.42 Å². The molecule has 2 heteroatoms. The standard InChI is InChI=1S/C17H17BrO/c1-17(2,14-6-4-3-5-7-14)16(19)12-13-8-10-15(18)11-9-13/h3-11H,12H2,1-2H3. The van der Waals surface area contributed by atoms with Gasteiger partial charge in [0.25, 0.3) is 0 Å². The minimum absolute atomic E-state index is 0.237. The Morgan fingerprint density at radius 1 is 1.00 bits per heavy atom. The van der Waals surface area contributed by atoms with Crippen LogP contribution in [0.15, 0.2) is 59.1 Å². The lowest BCUT2D eigenvalue weighted by Gasteiger charge is -2.23. The summed E-state index contributed by atoms with van der Waals surface area (Å²) in [5.41, 5.74) is 1.67. The van der Waals surface area contributed by atoms with Crippen LogP contribution < -0.4 is 0 Å². The number of rotatable bonds is 4. The van der Waals surface area contributed by atoms with Crippen molar-refractivity contribution < 1.29 is 4.79 Å². The van der Waals surface area contributed by atoms with Gasteiger partial charge in [-0.15, -0.1) is 0 Å². The van der Waals surface area contributed by atoms with E-state index < -0.39 is 5.41 Å². The van der Waals surface area contributed by atoms with Crippen LogP contribution in [0, 0.1) is 0 Å². The number of Topliss-reactive ketones (excluding diaryl/α,β-unsaturated/α-hetero) is 1. The Hall–Kier alpha value is -1.41. The summed E-state index contributed by atoms with van der Waals surface area (Å²) in [5.74, 6) is 0.237. The van der Waals surface area contributed by atoms with E-state index in [4.69, 9.17) is 0 Å². The number of hydrogen-bond donors (Lipinski definition) is 0. The van der Waals surface area contributed by atoms with Crippen LogP contribution in [0.1, 0.15) is 25.0 Å². The minimum Gasteiger partial charge on any atom is -0.298 e. The molecule has 0 bridgehead atoms. The normalized spacial score (nSPS) is 11.3. The molecule has 0 unspecified atom stereocenters. The zero-order chi connectivity index (χ0) is 13.9. The van der Waals surface area contributed by atoms with E-state index in [-0.39, 0.29) is 5.78 Å². The molecule has 0 saturated carbocycles. The predicted molar refractivity (Wildman–Crippen MR) is 82.3 cm³/mol. The molecular weight excluding hydrogens is 300 g/mol. The molecule has 0 heterocycles. The second-order valence-corrected chi connectivity index (χ2v) is 6.13. The maximum absolute atomic E-state index is 12.5. The van der Waals surface area contributed by atoms with Gasteiger partial charge >= 0.3 is 0 Å². The average molecular weight is 317 g/mol. The molecule has 0 fully saturated rings. The van der Waals surface area contributed by atoms with E-state index in [9.17, 15) is 4.79 Å². The second-order valence-electron chi connectivity index (χ2n) is 5.22. The van der Waals surface area contributed by atoms with Crippen molar-refractivity contribution in [1.82, 2.24) is 0 Å². The molecule has 0 radical (unpaired) electrons. The van der Waals surface area contributed by atoms with Crippen LogP contribution in [-0.4, -0.2) is 5.78 Å². The molecule has 2 rings (SSSR count). The molecule has 0 aliphatic heterocycles. The third-order valence-corrected chi connectivity index (χ3v) is 4.00. The maximum Gasteiger partial charge on any atom is 0.147 e. The van der Waals surface area contributed by atoms with Crippen molar-refractivity contribution in [2.75, 3.05) is 0 Å². The van der Waals surface area contributed by atoms with E-state index in [1.54, 1.807) is 0 Å². The minimum atomic E-state index is -0.450. The molecule has 0 aliphatic carbocycles. The molecular formula is C17H17BrO. The fourth-order valence-corrected chi connectivity index (χ4v) is 2.29. The van der Waals surface area contributed by atoms with Gasteiger partial charge in [-0.1, -0.05) is 58.4 Å². The largest absolute Gasteiger partial charge is 0.298 e. The van der Waals surface area contributed by atoms with Gasteiger partial charge in [-0.05, 0) is 37.1 Å². The highest BCUT2D eigenvalue weighted by atomic mass is 79.9. The number of hydrogen-bond acceptors (Lipinski definition) is 1. The highest BCUT2D eigenvalue weighted by Crippen LogP contribution is 2.25. The first-order valence-electron chi connectivity index (χ1n) is 6.33. The number of carbonyl (C=O) groups excluding carboxylic acids is 1. The van der Waals surface area contributed by atoms with Gasteiger partial charge < -0.3 is 0 Å². The van der Waals surface area contributed by atoms with E-state index in [0.717, 1.165) is 15.6 Å². The summed E-state index contributed by atoms with van der Waals surface area (Å²) in [4.78, 5) is 12.5. The van der Waals surface area contributed by atoms with Gasteiger partial charge in [-0.2, -0.15) is 0 Å². The zero-order valence-electron chi connectivity index (χ0n) is 11.2. The molecule has 0 aromatic heterocycles. The van der Waals surface area contributed by atoms with Gasteiger partial charge in [0.05, 0.1) is 0 Å². The first-order chi connectivity index (χ1) is 9.00. The predicted octanol–water partition coefficient (Wildman–Crippen LogP) is 4.54. The van der Waals surface area contributed by atoms with Crippen molar-refractivity contribution in [3.63, 3.8) is 0 Å². The van der Waals surface area contributed by atoms with Crippen molar-refractivity contribution in [1.29, 1.82) is 0 Å². The Morgan fingerprint density at radius 3 is 2.16 bits per heavy atom. The Balaban J connectivity index is 2.17. The summed E-state index contributed by atoms with van der Waals surface area (Å²) in [6, 6.07) is 17.9. The van der Waals surface area contributed by atoms with E-state index in [1.807, 2.05) is 68.4 Å². The van der Waals surface area contributed by atoms with Crippen LogP contribution >= 0.6 is 15.9 Å². The SMILES string of the molecule is CC(C)(C(=O)Cc1ccc(Br)cc1)c1ccccc1. The van der Waals surface area contributed by atoms with Crippen molar-refractivity contribution in [2.45, 2.75) is 25.7 Å². The molecule has 2 aromatic carbocycles.